The molecule has 6 nitrogen and oxygen atoms in total. The number of hydrogen-bond acceptors (Lipinski definition) is 5. The largest absolute Gasteiger partial charge is 0.378 e. The second-order valence-corrected chi connectivity index (χ2v) is 6.22. The van der Waals surface area contributed by atoms with Crippen LogP contribution in [0.2, 0.25) is 0 Å². The molecule has 0 amide bonds. The lowest BCUT2D eigenvalue weighted by atomic mass is 10.2. The van der Waals surface area contributed by atoms with Crippen LogP contribution in [0.25, 0.3) is 0 Å². The maximum absolute atomic E-state index is 5.38. The van der Waals surface area contributed by atoms with Gasteiger partial charge in [-0.15, -0.1) is 0 Å². The van der Waals surface area contributed by atoms with Crippen molar-refractivity contribution in [2.75, 3.05) is 36.5 Å². The van der Waals surface area contributed by atoms with Crippen molar-refractivity contribution in [1.82, 2.24) is 14.8 Å². The van der Waals surface area contributed by atoms with Crippen LogP contribution in [-0.4, -0.2) is 41.1 Å². The van der Waals surface area contributed by atoms with Gasteiger partial charge in [0.05, 0.1) is 37.3 Å². The van der Waals surface area contributed by atoms with Crippen LogP contribution in [-0.2, 0) is 4.74 Å². The third kappa shape index (κ3) is 3.82. The molecule has 0 unspecified atom stereocenters. The molecule has 1 atom stereocenters. The average molecular weight is 315 g/mol. The van der Waals surface area contributed by atoms with Gasteiger partial charge in [0.25, 0.3) is 0 Å². The zero-order chi connectivity index (χ0) is 16.2. The fourth-order valence-electron chi connectivity index (χ4n) is 2.64. The normalized spacial score (nSPS) is 16.6. The molecule has 6 heteroatoms. The molecule has 0 radical (unpaired) electrons. The lowest BCUT2D eigenvalue weighted by Crippen LogP contribution is -2.36. The van der Waals surface area contributed by atoms with Crippen molar-refractivity contribution in [3.05, 3.63) is 36.3 Å². The standard InChI is InChI=1S/C17H25N5O/c1-13(2)22-12-15(10-19-22)14(3)20-16-4-5-17(18-11-16)21-6-8-23-9-7-21/h4-5,10-14,20H,6-9H2,1-3H3/t14-/m0/s1. The predicted molar refractivity (Wildman–Crippen MR) is 91.9 cm³/mol. The van der Waals surface area contributed by atoms with E-state index in [0.717, 1.165) is 37.8 Å². The van der Waals surface area contributed by atoms with Crippen molar-refractivity contribution >= 4 is 11.5 Å². The smallest absolute Gasteiger partial charge is 0.128 e. The van der Waals surface area contributed by atoms with E-state index in [1.165, 1.54) is 5.56 Å². The molecule has 23 heavy (non-hydrogen) atoms. The van der Waals surface area contributed by atoms with Crippen LogP contribution >= 0.6 is 0 Å². The monoisotopic (exact) mass is 315 g/mol. The quantitative estimate of drug-likeness (QED) is 0.919. The number of hydrogen-bond donors (Lipinski definition) is 1. The van der Waals surface area contributed by atoms with E-state index in [1.807, 2.05) is 17.1 Å². The van der Waals surface area contributed by atoms with Gasteiger partial charge in [-0.25, -0.2) is 4.98 Å². The summed E-state index contributed by atoms with van der Waals surface area (Å²) in [6.45, 7) is 9.76. The van der Waals surface area contributed by atoms with E-state index >= 15 is 0 Å². The second kappa shape index (κ2) is 7.00. The minimum absolute atomic E-state index is 0.193. The highest BCUT2D eigenvalue weighted by Crippen LogP contribution is 2.21. The highest BCUT2D eigenvalue weighted by Gasteiger charge is 2.13. The van der Waals surface area contributed by atoms with Crippen LogP contribution in [0.4, 0.5) is 11.5 Å². The van der Waals surface area contributed by atoms with E-state index < -0.39 is 0 Å². The Morgan fingerprint density at radius 1 is 1.13 bits per heavy atom. The number of nitrogens with one attached hydrogen (secondary N) is 1. The summed E-state index contributed by atoms with van der Waals surface area (Å²) in [4.78, 5) is 6.82. The van der Waals surface area contributed by atoms with E-state index in [2.05, 4.69) is 59.4 Å². The molecule has 0 spiro atoms. The van der Waals surface area contributed by atoms with Gasteiger partial charge >= 0.3 is 0 Å². The van der Waals surface area contributed by atoms with Crippen molar-refractivity contribution in [2.24, 2.45) is 0 Å². The molecule has 0 bridgehead atoms. The topological polar surface area (TPSA) is 55.2 Å². The van der Waals surface area contributed by atoms with E-state index in [1.54, 1.807) is 0 Å². The molecule has 2 aromatic rings. The molecular weight excluding hydrogens is 290 g/mol. The number of nitrogens with zero attached hydrogens (tertiary/aromatic N) is 4. The van der Waals surface area contributed by atoms with E-state index in [4.69, 9.17) is 4.74 Å². The Bertz CT molecular complexity index is 616. The number of ether oxygens (including phenoxy) is 1. The third-order valence-corrected chi connectivity index (χ3v) is 4.12. The molecule has 124 valence electrons. The molecule has 1 aliphatic heterocycles. The maximum Gasteiger partial charge on any atom is 0.128 e. The molecule has 0 aliphatic carbocycles. The SMILES string of the molecule is CC(C)n1cc([C@H](C)Nc2ccc(N3CCOCC3)nc2)cn1. The molecule has 3 heterocycles. The van der Waals surface area contributed by atoms with Crippen molar-refractivity contribution in [2.45, 2.75) is 32.9 Å². The molecule has 1 fully saturated rings. The number of pyridine rings is 1. The highest BCUT2D eigenvalue weighted by atomic mass is 16.5. The van der Waals surface area contributed by atoms with Crippen molar-refractivity contribution in [3.8, 4) is 0 Å². The summed E-state index contributed by atoms with van der Waals surface area (Å²) in [5.74, 6) is 1.01. The highest BCUT2D eigenvalue weighted by molar-refractivity contribution is 5.49. The molecule has 1 saturated heterocycles. The second-order valence-electron chi connectivity index (χ2n) is 6.22. The molecule has 0 saturated carbocycles. The number of rotatable bonds is 5. The van der Waals surface area contributed by atoms with Gasteiger partial charge in [0, 0.05) is 30.9 Å². The van der Waals surface area contributed by atoms with Crippen molar-refractivity contribution in [1.29, 1.82) is 0 Å². The third-order valence-electron chi connectivity index (χ3n) is 4.12. The van der Waals surface area contributed by atoms with Crippen LogP contribution < -0.4 is 10.2 Å². The van der Waals surface area contributed by atoms with E-state index in [-0.39, 0.29) is 6.04 Å². The first kappa shape index (κ1) is 15.8. The van der Waals surface area contributed by atoms with Gasteiger partial charge in [-0.3, -0.25) is 4.68 Å². The average Bonchev–Trinajstić information content (AvgIpc) is 3.07. The molecule has 1 N–H and O–H groups in total. The minimum atomic E-state index is 0.193. The Labute approximate surface area is 137 Å². The van der Waals surface area contributed by atoms with E-state index in [0.29, 0.717) is 6.04 Å². The Balaban J connectivity index is 1.62. The Morgan fingerprint density at radius 2 is 1.91 bits per heavy atom. The summed E-state index contributed by atoms with van der Waals surface area (Å²) in [5, 5.41) is 7.88. The van der Waals surface area contributed by atoms with Gasteiger partial charge in [0.15, 0.2) is 0 Å². The zero-order valence-corrected chi connectivity index (χ0v) is 14.1. The summed E-state index contributed by atoms with van der Waals surface area (Å²) in [6, 6.07) is 4.72. The van der Waals surface area contributed by atoms with Crippen LogP contribution in [0.15, 0.2) is 30.7 Å². The van der Waals surface area contributed by atoms with Crippen molar-refractivity contribution < 1.29 is 4.74 Å². The van der Waals surface area contributed by atoms with Crippen LogP contribution in [0.1, 0.15) is 38.4 Å². The Hall–Kier alpha value is -2.08. The van der Waals surface area contributed by atoms with Gasteiger partial charge in [0.1, 0.15) is 5.82 Å². The maximum atomic E-state index is 5.38. The molecule has 0 aromatic carbocycles. The molecular formula is C17H25N5O. The summed E-state index contributed by atoms with van der Waals surface area (Å²) >= 11 is 0. The first-order valence-corrected chi connectivity index (χ1v) is 8.23. The first-order valence-electron chi connectivity index (χ1n) is 8.23. The first-order chi connectivity index (χ1) is 11.1. The minimum Gasteiger partial charge on any atom is -0.378 e. The summed E-state index contributed by atoms with van der Waals surface area (Å²) in [7, 11) is 0. The van der Waals surface area contributed by atoms with Gasteiger partial charge in [0.2, 0.25) is 0 Å². The zero-order valence-electron chi connectivity index (χ0n) is 14.1. The van der Waals surface area contributed by atoms with Gasteiger partial charge in [-0.1, -0.05) is 0 Å². The lowest BCUT2D eigenvalue weighted by Gasteiger charge is -2.27. The van der Waals surface area contributed by atoms with Crippen LogP contribution in [0, 0.1) is 0 Å². The summed E-state index contributed by atoms with van der Waals surface area (Å²) < 4.78 is 7.36. The van der Waals surface area contributed by atoms with Crippen LogP contribution in [0.3, 0.4) is 0 Å². The molecule has 3 rings (SSSR count). The Morgan fingerprint density at radius 3 is 2.52 bits per heavy atom. The fraction of sp³-hybridized carbons (Fsp3) is 0.529. The number of anilines is 2. The number of morpholine rings is 1. The Kier molecular flexibility index (Phi) is 4.81. The van der Waals surface area contributed by atoms with E-state index in [9.17, 15) is 0 Å². The summed E-state index contributed by atoms with van der Waals surface area (Å²) in [5.41, 5.74) is 2.20. The fourth-order valence-corrected chi connectivity index (χ4v) is 2.64. The lowest BCUT2D eigenvalue weighted by molar-refractivity contribution is 0.122. The van der Waals surface area contributed by atoms with Crippen molar-refractivity contribution in [3.63, 3.8) is 0 Å². The van der Waals surface area contributed by atoms with Gasteiger partial charge in [-0.05, 0) is 32.9 Å². The summed E-state index contributed by atoms with van der Waals surface area (Å²) in [6.07, 6.45) is 5.92. The van der Waals surface area contributed by atoms with Gasteiger partial charge < -0.3 is 15.0 Å². The molecule has 1 aliphatic rings. The predicted octanol–water partition coefficient (Wildman–Crippen LogP) is 2.87. The van der Waals surface area contributed by atoms with Gasteiger partial charge in [-0.2, -0.15) is 5.10 Å². The van der Waals surface area contributed by atoms with Crippen LogP contribution in [0.5, 0.6) is 0 Å². The number of aromatic nitrogens is 3. The molecule has 2 aromatic heterocycles.